The van der Waals surface area contributed by atoms with Crippen molar-refractivity contribution >= 4 is 5.97 Å². The van der Waals surface area contributed by atoms with Gasteiger partial charge in [0.1, 0.15) is 110 Å². The number of ether oxygens (including phenoxy) is 10. The zero-order valence-corrected chi connectivity index (χ0v) is 46.8. The quantitative estimate of drug-likeness (QED) is 0.0177. The van der Waals surface area contributed by atoms with Crippen molar-refractivity contribution < 1.29 is 154 Å². The van der Waals surface area contributed by atoms with E-state index in [0.717, 1.165) is 0 Å². The third-order valence-corrected chi connectivity index (χ3v) is 19.9. The van der Waals surface area contributed by atoms with Gasteiger partial charge in [0.15, 0.2) is 43.5 Å². The van der Waals surface area contributed by atoms with Gasteiger partial charge < -0.3 is 129 Å². The average molecular weight is 1220 g/mol. The van der Waals surface area contributed by atoms with Crippen molar-refractivity contribution in [2.24, 2.45) is 28.1 Å². The molecular formula is C53H86O31. The molecule has 27 unspecified atom stereocenters. The van der Waals surface area contributed by atoms with Crippen molar-refractivity contribution in [1.82, 2.24) is 0 Å². The summed E-state index contributed by atoms with van der Waals surface area (Å²) in [7, 11) is 0. The van der Waals surface area contributed by atoms with Crippen molar-refractivity contribution in [2.45, 2.75) is 244 Å². The summed E-state index contributed by atoms with van der Waals surface area (Å²) in [4.78, 5) is 31.1. The normalized spacial score (nSPS) is 51.9. The Bertz CT molecular complexity index is 2200. The smallest absolute Gasteiger partial charge is 0.314 e. The second-order valence-electron chi connectivity index (χ2n) is 24.9. The molecule has 9 aliphatic rings. The second-order valence-corrected chi connectivity index (χ2v) is 24.9. The summed E-state index contributed by atoms with van der Waals surface area (Å²) >= 11 is 0. The molecule has 5 heterocycles. The number of hydrogen-bond donors (Lipinski definition) is 17. The fourth-order valence-electron chi connectivity index (χ4n) is 15.3. The number of aliphatic hydroxyl groups is 16. The molecule has 32 atom stereocenters. The van der Waals surface area contributed by atoms with Crippen LogP contribution in [-0.4, -0.2) is 298 Å². The Labute approximate surface area is 482 Å². The van der Waals surface area contributed by atoms with E-state index in [1.54, 1.807) is 6.92 Å². The van der Waals surface area contributed by atoms with Gasteiger partial charge in [-0.25, -0.2) is 14.7 Å². The van der Waals surface area contributed by atoms with Crippen LogP contribution in [0.15, 0.2) is 12.2 Å². The minimum absolute atomic E-state index is 0.0961. The number of rotatable bonds is 20. The van der Waals surface area contributed by atoms with Crippen LogP contribution in [0.3, 0.4) is 0 Å². The molecule has 0 amide bonds. The van der Waals surface area contributed by atoms with E-state index >= 15 is 4.79 Å². The Balaban J connectivity index is 0.978. The van der Waals surface area contributed by atoms with Crippen LogP contribution >= 0.6 is 0 Å². The Kier molecular flexibility index (Phi) is 21.0. The summed E-state index contributed by atoms with van der Waals surface area (Å²) < 4.78 is 61.0. The van der Waals surface area contributed by atoms with Gasteiger partial charge in [-0.05, 0) is 93.5 Å². The van der Waals surface area contributed by atoms with Crippen LogP contribution in [0.4, 0.5) is 0 Å². The van der Waals surface area contributed by atoms with Gasteiger partial charge in [0.25, 0.3) is 0 Å². The predicted octanol–water partition coefficient (Wildman–Crippen LogP) is -6.46. The monoisotopic (exact) mass is 1220 g/mol. The topological polar surface area (TPSA) is 481 Å². The number of aliphatic hydroxyl groups excluding tert-OH is 16. The lowest BCUT2D eigenvalue weighted by molar-refractivity contribution is -0.459. The van der Waals surface area contributed by atoms with Crippen LogP contribution in [0.5, 0.6) is 0 Å². The lowest BCUT2D eigenvalue weighted by atomic mass is 9.41. The van der Waals surface area contributed by atoms with Crippen LogP contribution in [-0.2, 0) is 66.8 Å². The molecule has 31 nitrogen and oxygen atoms in total. The third kappa shape index (κ3) is 11.9. The largest absolute Gasteiger partial charge is 0.432 e. The Morgan fingerprint density at radius 1 is 0.548 bits per heavy atom. The maximum Gasteiger partial charge on any atom is 0.314 e. The molecule has 9 fully saturated rings. The maximum absolute atomic E-state index is 15.3. The number of hydrogen-bond acceptors (Lipinski definition) is 31. The van der Waals surface area contributed by atoms with Gasteiger partial charge in [-0.1, -0.05) is 19.9 Å². The van der Waals surface area contributed by atoms with Crippen LogP contribution in [0.25, 0.3) is 0 Å². The minimum atomic E-state index is -2.06. The first-order chi connectivity index (χ1) is 39.8. The van der Waals surface area contributed by atoms with E-state index in [-0.39, 0.29) is 5.92 Å². The van der Waals surface area contributed by atoms with Crippen molar-refractivity contribution in [3.05, 3.63) is 12.2 Å². The zero-order valence-electron chi connectivity index (χ0n) is 46.8. The van der Waals surface area contributed by atoms with E-state index < -0.39 is 233 Å². The molecule has 17 N–H and O–H groups in total. The molecule has 1 spiro atoms. The summed E-state index contributed by atoms with van der Waals surface area (Å²) in [6, 6.07) is 0. The van der Waals surface area contributed by atoms with Crippen molar-refractivity contribution in [3.8, 4) is 0 Å². The van der Waals surface area contributed by atoms with Gasteiger partial charge in [-0.3, -0.25) is 10.1 Å². The molecule has 0 aromatic rings. The van der Waals surface area contributed by atoms with Gasteiger partial charge in [0.05, 0.1) is 50.7 Å². The van der Waals surface area contributed by atoms with Crippen molar-refractivity contribution in [2.75, 3.05) is 39.6 Å². The van der Waals surface area contributed by atoms with Crippen LogP contribution in [0.1, 0.15) is 78.6 Å². The molecular weight excluding hydrogens is 1130 g/mol. The first kappa shape index (κ1) is 66.5. The number of esters is 1. The SMILES string of the molecule is C=C1C[C@@]23CCC4[C@](C)(C(=O)OC5OC(CO)C(O)C(OC6OC(CO)C(O)C(O)C6O)C5OC5OC(CO)C(O)C(O)C5O)CCC[C@@]4(C)[C@@H]2CC[C@]1(OC1OC(CO)C(OOC(C)CO)C(OO)C1OC1OC(CO)C(O)C(O)C1O)C3. The molecule has 0 aromatic heterocycles. The molecule has 4 saturated carbocycles. The summed E-state index contributed by atoms with van der Waals surface area (Å²) in [5.74, 6) is -1.30. The highest BCUT2D eigenvalue weighted by molar-refractivity contribution is 5.77. The first-order valence-electron chi connectivity index (χ1n) is 28.7. The molecule has 0 radical (unpaired) electrons. The highest BCUT2D eigenvalue weighted by Gasteiger charge is 2.70. The van der Waals surface area contributed by atoms with Gasteiger partial charge in [0, 0.05) is 0 Å². The van der Waals surface area contributed by atoms with E-state index in [1.807, 2.05) is 0 Å². The molecule has 84 heavy (non-hydrogen) atoms. The van der Waals surface area contributed by atoms with Gasteiger partial charge in [0.2, 0.25) is 6.29 Å². The third-order valence-electron chi connectivity index (χ3n) is 19.9. The lowest BCUT2D eigenvalue weighted by Crippen LogP contribution is -2.67. The molecule has 9 rings (SSSR count). The Hall–Kier alpha value is -1.95. The van der Waals surface area contributed by atoms with E-state index in [4.69, 9.17) is 62.0 Å². The first-order valence-corrected chi connectivity index (χ1v) is 28.7. The molecule has 2 bridgehead atoms. The van der Waals surface area contributed by atoms with Crippen molar-refractivity contribution in [3.63, 3.8) is 0 Å². The van der Waals surface area contributed by atoms with Gasteiger partial charge in [-0.2, -0.15) is 0 Å². The Morgan fingerprint density at radius 3 is 1.51 bits per heavy atom. The number of fused-ring (bicyclic) bond motifs is 3. The van der Waals surface area contributed by atoms with E-state index in [2.05, 4.69) is 13.5 Å². The minimum Gasteiger partial charge on any atom is -0.432 e. The van der Waals surface area contributed by atoms with Crippen molar-refractivity contribution in [1.29, 1.82) is 0 Å². The van der Waals surface area contributed by atoms with Crippen LogP contribution < -0.4 is 0 Å². The maximum atomic E-state index is 15.3. The zero-order chi connectivity index (χ0) is 61.1. The summed E-state index contributed by atoms with van der Waals surface area (Å²) in [5, 5.41) is 180. The molecule has 5 saturated heterocycles. The standard InChI is InChI=1S/C53H86O31/c1-20-12-52-10-6-27-50(3,28(52)7-11-53(20,19-52)81-48-43(79-46-38(69)35(66)31(62)24(16-57)74-46)41(82-71)39(26(18-59)76-48)84-83-21(2)13-54)8-5-9-51(27,4)49(70)80-47-42(78-45-37(68)34(65)30(61)23(15-56)73-45)40(32(63)25(17-58)75-47)77-44-36(67)33(64)29(60)22(14-55)72-44/h21-48,54-69,71H,1,5-19H2,2-4H3/t21?,22?,23?,24?,25?,26?,27?,28-,29?,30?,31?,32?,33?,34?,35?,36?,37?,38?,39?,40?,41?,42?,43?,44?,45?,46?,47?,48?,50+,51+,52+,53-/m0/s1. The number of carbonyl (C=O) groups excluding carboxylic acids is 1. The number of carbonyl (C=O) groups is 1. The molecule has 484 valence electrons. The van der Waals surface area contributed by atoms with E-state index in [0.29, 0.717) is 63.4 Å². The molecule has 0 aromatic carbocycles. The summed E-state index contributed by atoms with van der Waals surface area (Å²) in [6.45, 7) is 5.14. The highest BCUT2D eigenvalue weighted by atomic mass is 17.2. The average Bonchev–Trinajstić information content (AvgIpc) is 1.42. The van der Waals surface area contributed by atoms with E-state index in [9.17, 15) is 87.0 Å². The highest BCUT2D eigenvalue weighted by Crippen LogP contribution is 2.74. The fraction of sp³-hybridized carbons (Fsp3) is 0.943. The van der Waals surface area contributed by atoms with Crippen LogP contribution in [0, 0.1) is 28.1 Å². The Morgan fingerprint density at radius 2 is 1.01 bits per heavy atom. The predicted molar refractivity (Wildman–Crippen MR) is 270 cm³/mol. The van der Waals surface area contributed by atoms with Crippen LogP contribution in [0.2, 0.25) is 0 Å². The van der Waals surface area contributed by atoms with Gasteiger partial charge in [-0.15, -0.1) is 0 Å². The molecule has 4 aliphatic carbocycles. The summed E-state index contributed by atoms with van der Waals surface area (Å²) in [5.41, 5.74) is -2.91. The fourth-order valence-corrected chi connectivity index (χ4v) is 15.3. The summed E-state index contributed by atoms with van der Waals surface area (Å²) in [6.07, 6.45) is -41.4. The molecule has 5 aliphatic heterocycles. The van der Waals surface area contributed by atoms with Gasteiger partial charge >= 0.3 is 5.97 Å². The van der Waals surface area contributed by atoms with E-state index in [1.165, 1.54) is 6.92 Å². The lowest BCUT2D eigenvalue weighted by Gasteiger charge is -2.64. The second kappa shape index (κ2) is 26.5. The molecule has 31 heteroatoms.